The Morgan fingerprint density at radius 2 is 1.89 bits per heavy atom. The Hall–Kier alpha value is -0.780. The number of benzene rings is 1. The summed E-state index contributed by atoms with van der Waals surface area (Å²) in [6.45, 7) is 9.34. The first kappa shape index (κ1) is 13.6. The van der Waals surface area contributed by atoms with Crippen LogP contribution < -0.4 is 0 Å². The summed E-state index contributed by atoms with van der Waals surface area (Å²) in [7, 11) is 0. The number of hydrogen-bond donors (Lipinski definition) is 0. The molecule has 1 aliphatic rings. The highest BCUT2D eigenvalue weighted by atomic mass is 14.3. The van der Waals surface area contributed by atoms with Crippen molar-refractivity contribution in [2.75, 3.05) is 0 Å². The number of hydrogen-bond acceptors (Lipinski definition) is 0. The van der Waals surface area contributed by atoms with Gasteiger partial charge in [-0.15, -0.1) is 0 Å². The molecule has 1 aromatic rings. The molecule has 0 aliphatic heterocycles. The molecule has 0 heteroatoms. The molecule has 0 saturated heterocycles. The molecule has 3 unspecified atom stereocenters. The highest BCUT2D eigenvalue weighted by Crippen LogP contribution is 2.36. The zero-order valence-electron chi connectivity index (χ0n) is 12.5. The smallest absolute Gasteiger partial charge is 0.0273 e. The first-order valence-electron chi connectivity index (χ1n) is 7.62. The molecule has 0 amide bonds. The van der Waals surface area contributed by atoms with Crippen LogP contribution in [0.2, 0.25) is 0 Å². The summed E-state index contributed by atoms with van der Waals surface area (Å²) >= 11 is 0. The summed E-state index contributed by atoms with van der Waals surface area (Å²) in [6, 6.07) is 6.88. The third-order valence-corrected chi connectivity index (χ3v) is 4.91. The molecule has 1 fully saturated rings. The molecule has 0 radical (unpaired) electrons. The van der Waals surface area contributed by atoms with Crippen LogP contribution in [0.1, 0.15) is 56.2 Å². The highest BCUT2D eigenvalue weighted by molar-refractivity contribution is 5.30. The van der Waals surface area contributed by atoms with E-state index in [0.29, 0.717) is 0 Å². The molecule has 0 bridgehead atoms. The minimum atomic E-state index is 0.936. The molecular weight excluding hydrogens is 216 g/mol. The maximum atomic E-state index is 2.46. The highest BCUT2D eigenvalue weighted by Gasteiger charge is 2.25. The second-order valence-electron chi connectivity index (χ2n) is 6.62. The fourth-order valence-electron chi connectivity index (χ4n) is 3.46. The predicted molar refractivity (Wildman–Crippen MR) is 79.9 cm³/mol. The Morgan fingerprint density at radius 3 is 2.67 bits per heavy atom. The summed E-state index contributed by atoms with van der Waals surface area (Å²) < 4.78 is 0. The molecule has 0 N–H and O–H groups in total. The fourth-order valence-corrected chi connectivity index (χ4v) is 3.46. The Labute approximate surface area is 113 Å². The van der Waals surface area contributed by atoms with E-state index in [9.17, 15) is 0 Å². The van der Waals surface area contributed by atoms with E-state index in [-0.39, 0.29) is 0 Å². The van der Waals surface area contributed by atoms with Crippen LogP contribution in [0, 0.1) is 31.6 Å². The van der Waals surface area contributed by atoms with E-state index in [1.54, 1.807) is 5.56 Å². The van der Waals surface area contributed by atoms with Gasteiger partial charge in [0.1, 0.15) is 0 Å². The van der Waals surface area contributed by atoms with E-state index < -0.39 is 0 Å². The quantitative estimate of drug-likeness (QED) is 0.676. The monoisotopic (exact) mass is 244 g/mol. The number of rotatable bonds is 3. The van der Waals surface area contributed by atoms with Crippen molar-refractivity contribution in [3.05, 3.63) is 34.9 Å². The standard InChI is InChI=1S/C18H28/c1-13-5-7-15(3)17(11-13)9-10-18-12-14(2)6-8-16(18)4/h5,7,11,14,16,18H,6,8-10,12H2,1-4H3. The van der Waals surface area contributed by atoms with Gasteiger partial charge in [0.05, 0.1) is 0 Å². The molecular formula is C18H28. The van der Waals surface area contributed by atoms with Crippen LogP contribution in [0.3, 0.4) is 0 Å². The maximum absolute atomic E-state index is 2.46. The first-order chi connectivity index (χ1) is 8.56. The van der Waals surface area contributed by atoms with Crippen LogP contribution in [0.5, 0.6) is 0 Å². The lowest BCUT2D eigenvalue weighted by Crippen LogP contribution is -2.22. The van der Waals surface area contributed by atoms with Crippen LogP contribution in [0.4, 0.5) is 0 Å². The van der Waals surface area contributed by atoms with Crippen molar-refractivity contribution in [1.82, 2.24) is 0 Å². The van der Waals surface area contributed by atoms with E-state index in [0.717, 1.165) is 17.8 Å². The van der Waals surface area contributed by atoms with E-state index in [2.05, 4.69) is 45.9 Å². The van der Waals surface area contributed by atoms with Gasteiger partial charge in [-0.05, 0) is 62.0 Å². The fraction of sp³-hybridized carbons (Fsp3) is 0.667. The van der Waals surface area contributed by atoms with Crippen LogP contribution in [-0.4, -0.2) is 0 Å². The van der Waals surface area contributed by atoms with Crippen LogP contribution >= 0.6 is 0 Å². The van der Waals surface area contributed by atoms with E-state index >= 15 is 0 Å². The van der Waals surface area contributed by atoms with Crippen molar-refractivity contribution in [3.63, 3.8) is 0 Å². The van der Waals surface area contributed by atoms with Gasteiger partial charge in [-0.2, -0.15) is 0 Å². The molecule has 3 atom stereocenters. The van der Waals surface area contributed by atoms with Gasteiger partial charge < -0.3 is 0 Å². The zero-order valence-corrected chi connectivity index (χ0v) is 12.5. The van der Waals surface area contributed by atoms with Crippen molar-refractivity contribution < 1.29 is 0 Å². The molecule has 0 aromatic heterocycles. The van der Waals surface area contributed by atoms with Gasteiger partial charge in [-0.3, -0.25) is 0 Å². The van der Waals surface area contributed by atoms with Gasteiger partial charge >= 0.3 is 0 Å². The molecule has 1 aliphatic carbocycles. The average Bonchev–Trinajstić information content (AvgIpc) is 2.34. The second-order valence-corrected chi connectivity index (χ2v) is 6.62. The van der Waals surface area contributed by atoms with Crippen molar-refractivity contribution in [1.29, 1.82) is 0 Å². The summed E-state index contributed by atoms with van der Waals surface area (Å²) in [5.41, 5.74) is 4.44. The van der Waals surface area contributed by atoms with Crippen LogP contribution in [0.15, 0.2) is 18.2 Å². The summed E-state index contributed by atoms with van der Waals surface area (Å²) in [5.74, 6) is 2.84. The second kappa shape index (κ2) is 5.91. The topological polar surface area (TPSA) is 0 Å². The molecule has 1 saturated carbocycles. The maximum Gasteiger partial charge on any atom is -0.0273 e. The van der Waals surface area contributed by atoms with Gasteiger partial charge in [-0.1, -0.05) is 50.5 Å². The van der Waals surface area contributed by atoms with Crippen molar-refractivity contribution >= 4 is 0 Å². The Morgan fingerprint density at radius 1 is 1.11 bits per heavy atom. The molecule has 2 rings (SSSR count). The SMILES string of the molecule is Cc1ccc(C)c(CCC2CC(C)CCC2C)c1. The molecule has 0 heterocycles. The summed E-state index contributed by atoms with van der Waals surface area (Å²) in [5, 5.41) is 0. The van der Waals surface area contributed by atoms with Gasteiger partial charge in [-0.25, -0.2) is 0 Å². The molecule has 100 valence electrons. The average molecular weight is 244 g/mol. The Bertz CT molecular complexity index is 391. The third-order valence-electron chi connectivity index (χ3n) is 4.91. The molecule has 0 nitrogen and oxygen atoms in total. The van der Waals surface area contributed by atoms with Gasteiger partial charge in [0.15, 0.2) is 0 Å². The lowest BCUT2D eigenvalue weighted by Gasteiger charge is -2.33. The molecule has 0 spiro atoms. The van der Waals surface area contributed by atoms with Crippen LogP contribution in [-0.2, 0) is 6.42 Å². The summed E-state index contributed by atoms with van der Waals surface area (Å²) in [6.07, 6.45) is 7.00. The molecule has 1 aromatic carbocycles. The first-order valence-corrected chi connectivity index (χ1v) is 7.62. The lowest BCUT2D eigenvalue weighted by molar-refractivity contribution is 0.193. The van der Waals surface area contributed by atoms with Gasteiger partial charge in [0.25, 0.3) is 0 Å². The Balaban J connectivity index is 1.96. The minimum Gasteiger partial charge on any atom is -0.0625 e. The van der Waals surface area contributed by atoms with E-state index in [1.165, 1.54) is 43.2 Å². The summed E-state index contributed by atoms with van der Waals surface area (Å²) in [4.78, 5) is 0. The normalized spacial score (nSPS) is 28.3. The van der Waals surface area contributed by atoms with E-state index in [4.69, 9.17) is 0 Å². The predicted octanol–water partition coefficient (Wildman–Crippen LogP) is 5.31. The molecule has 18 heavy (non-hydrogen) atoms. The van der Waals surface area contributed by atoms with Gasteiger partial charge in [0.2, 0.25) is 0 Å². The van der Waals surface area contributed by atoms with Crippen molar-refractivity contribution in [3.8, 4) is 0 Å². The van der Waals surface area contributed by atoms with Crippen LogP contribution in [0.25, 0.3) is 0 Å². The van der Waals surface area contributed by atoms with Crippen molar-refractivity contribution in [2.45, 2.75) is 59.8 Å². The Kier molecular flexibility index (Phi) is 4.48. The van der Waals surface area contributed by atoms with Gasteiger partial charge in [0, 0.05) is 0 Å². The third kappa shape index (κ3) is 3.37. The number of aryl methyl sites for hydroxylation is 3. The zero-order chi connectivity index (χ0) is 13.1. The van der Waals surface area contributed by atoms with Crippen molar-refractivity contribution in [2.24, 2.45) is 17.8 Å². The lowest BCUT2D eigenvalue weighted by atomic mass is 9.73. The largest absolute Gasteiger partial charge is 0.0625 e. The minimum absolute atomic E-state index is 0.936. The van der Waals surface area contributed by atoms with E-state index in [1.807, 2.05) is 0 Å².